The van der Waals surface area contributed by atoms with Crippen LogP contribution in [-0.4, -0.2) is 11.9 Å². The molecule has 0 radical (unpaired) electrons. The highest BCUT2D eigenvalue weighted by Gasteiger charge is 2.14. The van der Waals surface area contributed by atoms with Gasteiger partial charge in [0.15, 0.2) is 11.5 Å². The van der Waals surface area contributed by atoms with Crippen LogP contribution >= 0.6 is 0 Å². The van der Waals surface area contributed by atoms with Crippen LogP contribution in [0, 0.1) is 5.41 Å². The Bertz CT molecular complexity index is 572. The molecule has 0 saturated carbocycles. The molecule has 0 heterocycles. The largest absolute Gasteiger partial charge is 0.423 e. The van der Waals surface area contributed by atoms with Gasteiger partial charge < -0.3 is 9.47 Å². The van der Waals surface area contributed by atoms with Crippen LogP contribution in [0.25, 0.3) is 0 Å². The van der Waals surface area contributed by atoms with Crippen molar-refractivity contribution in [1.29, 1.82) is 0 Å². The van der Waals surface area contributed by atoms with E-state index in [-0.39, 0.29) is 11.9 Å². The van der Waals surface area contributed by atoms with Gasteiger partial charge in [0.2, 0.25) is 0 Å². The number of rotatable bonds is 12. The van der Waals surface area contributed by atoms with Gasteiger partial charge in [-0.15, -0.1) is 0 Å². The van der Waals surface area contributed by atoms with Crippen molar-refractivity contribution in [2.75, 3.05) is 0 Å². The number of ether oxygens (including phenoxy) is 2. The van der Waals surface area contributed by atoms with Gasteiger partial charge in [0.25, 0.3) is 0 Å². The van der Waals surface area contributed by atoms with Gasteiger partial charge in [0.1, 0.15) is 0 Å². The maximum Gasteiger partial charge on any atom is 0.311 e. The van der Waals surface area contributed by atoms with Crippen LogP contribution in [0.3, 0.4) is 0 Å². The molecule has 4 heteroatoms. The van der Waals surface area contributed by atoms with E-state index in [1.165, 1.54) is 0 Å². The standard InChI is InChI=1S/C23H36O4/c1-5-6-7-9-16-21(24)26-19-14-11-12-15-20(19)27-22(25)17-10-8-13-18-23(2,3)4/h11-12,14-15H,5-10,13,16-18H2,1-4H3. The molecule has 0 aliphatic rings. The summed E-state index contributed by atoms with van der Waals surface area (Å²) in [5.41, 5.74) is 0.333. The van der Waals surface area contributed by atoms with Crippen molar-refractivity contribution < 1.29 is 19.1 Å². The Morgan fingerprint density at radius 1 is 0.778 bits per heavy atom. The summed E-state index contributed by atoms with van der Waals surface area (Å²) in [5.74, 6) is 0.0761. The molecule has 0 bridgehead atoms. The van der Waals surface area contributed by atoms with E-state index >= 15 is 0 Å². The van der Waals surface area contributed by atoms with Crippen molar-refractivity contribution in [3.63, 3.8) is 0 Å². The predicted octanol–water partition coefficient (Wildman–Crippen LogP) is 6.46. The highest BCUT2D eigenvalue weighted by atomic mass is 16.6. The molecular weight excluding hydrogens is 340 g/mol. The summed E-state index contributed by atoms with van der Waals surface area (Å²) in [6.45, 7) is 8.81. The quantitative estimate of drug-likeness (QED) is 0.238. The zero-order chi connectivity index (χ0) is 20.1. The molecule has 0 fully saturated rings. The van der Waals surface area contributed by atoms with E-state index in [4.69, 9.17) is 9.47 Å². The summed E-state index contributed by atoms with van der Waals surface area (Å²) in [6.07, 6.45) is 8.96. The molecule has 1 aromatic carbocycles. The number of hydrogen-bond donors (Lipinski definition) is 0. The molecule has 0 aromatic heterocycles. The SMILES string of the molecule is CCCCCCC(=O)Oc1ccccc1OC(=O)CCCCCC(C)(C)C. The molecule has 0 unspecified atom stereocenters. The number of esters is 2. The minimum absolute atomic E-state index is 0.280. The van der Waals surface area contributed by atoms with E-state index in [9.17, 15) is 9.59 Å². The second-order valence-electron chi connectivity index (χ2n) is 8.33. The molecule has 0 saturated heterocycles. The van der Waals surface area contributed by atoms with E-state index in [0.29, 0.717) is 29.8 Å². The molecule has 0 spiro atoms. The van der Waals surface area contributed by atoms with E-state index in [2.05, 4.69) is 27.7 Å². The molecule has 4 nitrogen and oxygen atoms in total. The van der Waals surface area contributed by atoms with Crippen LogP contribution in [0.1, 0.15) is 91.9 Å². The van der Waals surface area contributed by atoms with Gasteiger partial charge in [0, 0.05) is 12.8 Å². The summed E-state index contributed by atoms with van der Waals surface area (Å²) >= 11 is 0. The van der Waals surface area contributed by atoms with Crippen LogP contribution in [-0.2, 0) is 9.59 Å². The Hall–Kier alpha value is -1.84. The molecular formula is C23H36O4. The van der Waals surface area contributed by atoms with E-state index < -0.39 is 0 Å². The normalized spacial score (nSPS) is 11.3. The van der Waals surface area contributed by atoms with Crippen LogP contribution in [0.15, 0.2) is 24.3 Å². The van der Waals surface area contributed by atoms with Crippen molar-refractivity contribution in [2.45, 2.75) is 91.9 Å². The molecule has 0 aliphatic carbocycles. The first-order chi connectivity index (χ1) is 12.8. The highest BCUT2D eigenvalue weighted by Crippen LogP contribution is 2.28. The van der Waals surface area contributed by atoms with Crippen LogP contribution in [0.5, 0.6) is 11.5 Å². The van der Waals surface area contributed by atoms with E-state index in [1.807, 2.05) is 0 Å². The summed E-state index contributed by atoms with van der Waals surface area (Å²) < 4.78 is 10.8. The zero-order valence-electron chi connectivity index (χ0n) is 17.5. The Morgan fingerprint density at radius 2 is 1.26 bits per heavy atom. The third-order valence-electron chi connectivity index (χ3n) is 4.34. The number of benzene rings is 1. The van der Waals surface area contributed by atoms with Gasteiger partial charge in [0.05, 0.1) is 0 Å². The van der Waals surface area contributed by atoms with Gasteiger partial charge >= 0.3 is 11.9 Å². The van der Waals surface area contributed by atoms with Gasteiger partial charge in [-0.1, -0.05) is 71.9 Å². The van der Waals surface area contributed by atoms with Gasteiger partial charge in [-0.05, 0) is 36.8 Å². The molecule has 27 heavy (non-hydrogen) atoms. The summed E-state index contributed by atoms with van der Waals surface area (Å²) in [4.78, 5) is 24.1. The van der Waals surface area contributed by atoms with Gasteiger partial charge in [-0.25, -0.2) is 0 Å². The number of carbonyl (C=O) groups excluding carboxylic acids is 2. The van der Waals surface area contributed by atoms with E-state index in [0.717, 1.165) is 51.4 Å². The third kappa shape index (κ3) is 11.5. The lowest BCUT2D eigenvalue weighted by atomic mass is 9.89. The predicted molar refractivity (Wildman–Crippen MR) is 109 cm³/mol. The Balaban J connectivity index is 2.40. The summed E-state index contributed by atoms with van der Waals surface area (Å²) in [5, 5.41) is 0. The van der Waals surface area contributed by atoms with Crippen molar-refractivity contribution in [3.05, 3.63) is 24.3 Å². The average molecular weight is 377 g/mol. The first-order valence-electron chi connectivity index (χ1n) is 10.3. The lowest BCUT2D eigenvalue weighted by molar-refractivity contribution is -0.137. The minimum Gasteiger partial charge on any atom is -0.423 e. The maximum atomic E-state index is 12.1. The second-order valence-corrected chi connectivity index (χ2v) is 8.33. The molecule has 0 aliphatic heterocycles. The Labute approximate surface area is 164 Å². The van der Waals surface area contributed by atoms with Crippen molar-refractivity contribution >= 4 is 11.9 Å². The van der Waals surface area contributed by atoms with Crippen LogP contribution in [0.2, 0.25) is 0 Å². The summed E-state index contributed by atoms with van der Waals surface area (Å²) in [7, 11) is 0. The first-order valence-corrected chi connectivity index (χ1v) is 10.3. The van der Waals surface area contributed by atoms with Crippen LogP contribution in [0.4, 0.5) is 0 Å². The number of carbonyl (C=O) groups is 2. The molecule has 152 valence electrons. The van der Waals surface area contributed by atoms with E-state index in [1.54, 1.807) is 24.3 Å². The zero-order valence-corrected chi connectivity index (χ0v) is 17.5. The topological polar surface area (TPSA) is 52.6 Å². The fourth-order valence-electron chi connectivity index (χ4n) is 2.76. The smallest absolute Gasteiger partial charge is 0.311 e. The number of para-hydroxylation sites is 2. The molecule has 0 N–H and O–H groups in total. The summed E-state index contributed by atoms with van der Waals surface area (Å²) in [6, 6.07) is 6.86. The lowest BCUT2D eigenvalue weighted by Gasteiger charge is -2.17. The Morgan fingerprint density at radius 3 is 1.70 bits per heavy atom. The van der Waals surface area contributed by atoms with Crippen LogP contribution < -0.4 is 9.47 Å². The van der Waals surface area contributed by atoms with Crippen molar-refractivity contribution in [2.24, 2.45) is 5.41 Å². The molecule has 1 rings (SSSR count). The number of unbranched alkanes of at least 4 members (excludes halogenated alkanes) is 5. The van der Waals surface area contributed by atoms with Gasteiger partial charge in [-0.3, -0.25) is 9.59 Å². The van der Waals surface area contributed by atoms with Crippen molar-refractivity contribution in [1.82, 2.24) is 0 Å². The Kier molecular flexibility index (Phi) is 10.8. The molecule has 0 atom stereocenters. The average Bonchev–Trinajstić information content (AvgIpc) is 2.59. The molecule has 0 amide bonds. The minimum atomic E-state index is -0.281. The first kappa shape index (κ1) is 23.2. The maximum absolute atomic E-state index is 12.1. The van der Waals surface area contributed by atoms with Gasteiger partial charge in [-0.2, -0.15) is 0 Å². The molecule has 1 aromatic rings. The lowest BCUT2D eigenvalue weighted by Crippen LogP contribution is -2.12. The fourth-order valence-corrected chi connectivity index (χ4v) is 2.76. The third-order valence-corrected chi connectivity index (χ3v) is 4.34. The monoisotopic (exact) mass is 376 g/mol. The highest BCUT2D eigenvalue weighted by molar-refractivity contribution is 5.76. The second kappa shape index (κ2) is 12.5. The fraction of sp³-hybridized carbons (Fsp3) is 0.652. The number of hydrogen-bond acceptors (Lipinski definition) is 4. The van der Waals surface area contributed by atoms with Crippen molar-refractivity contribution in [3.8, 4) is 11.5 Å².